The summed E-state index contributed by atoms with van der Waals surface area (Å²) in [6.45, 7) is 8.18. The minimum atomic E-state index is -0.406. The first-order valence-electron chi connectivity index (χ1n) is 8.42. The molecule has 0 atom stereocenters. The molecule has 1 N–H and O–H groups in total. The van der Waals surface area contributed by atoms with E-state index < -0.39 is 7.12 Å². The molecule has 0 radical (unpaired) electrons. The van der Waals surface area contributed by atoms with Crippen LogP contribution in [0, 0.1) is 0 Å². The van der Waals surface area contributed by atoms with E-state index in [-0.39, 0.29) is 11.2 Å². The quantitative estimate of drug-likeness (QED) is 0.736. The smallest absolute Gasteiger partial charge is 0.423 e. The third-order valence-electron chi connectivity index (χ3n) is 4.96. The van der Waals surface area contributed by atoms with E-state index >= 15 is 0 Å². The molecule has 3 aromatic rings. The van der Waals surface area contributed by atoms with Gasteiger partial charge in [-0.2, -0.15) is 4.98 Å². The van der Waals surface area contributed by atoms with Gasteiger partial charge in [-0.3, -0.25) is 0 Å². The van der Waals surface area contributed by atoms with Gasteiger partial charge in [-0.1, -0.05) is 24.3 Å². The van der Waals surface area contributed by atoms with E-state index in [1.807, 2.05) is 76.2 Å². The number of hydrogen-bond acceptors (Lipinski definition) is 5. The zero-order chi connectivity index (χ0) is 17.7. The average Bonchev–Trinajstić information content (AvgIpc) is 3.04. The van der Waals surface area contributed by atoms with Crippen LogP contribution in [0.3, 0.4) is 0 Å². The van der Waals surface area contributed by atoms with Crippen LogP contribution >= 0.6 is 0 Å². The molecule has 1 aromatic heterocycles. The summed E-state index contributed by atoms with van der Waals surface area (Å²) in [7, 11) is -0.406. The van der Waals surface area contributed by atoms with Crippen molar-refractivity contribution in [3.63, 3.8) is 0 Å². The molecule has 6 heteroatoms. The molecule has 1 saturated heterocycles. The molecule has 2 aromatic carbocycles. The van der Waals surface area contributed by atoms with Gasteiger partial charge < -0.3 is 19.0 Å². The van der Waals surface area contributed by atoms with Gasteiger partial charge in [-0.15, -0.1) is 0 Å². The molecule has 25 heavy (non-hydrogen) atoms. The molecular formula is C19H21BN2O3. The van der Waals surface area contributed by atoms with E-state index in [9.17, 15) is 0 Å². The normalized spacial score (nSPS) is 18.6. The summed E-state index contributed by atoms with van der Waals surface area (Å²) in [4.78, 5) is 4.52. The first-order valence-corrected chi connectivity index (χ1v) is 8.42. The lowest BCUT2D eigenvalue weighted by Crippen LogP contribution is -2.41. The standard InChI is InChI=1S/C19H21BN2O3/c1-18(2)19(3,4)25-20(24-18)13-10-11-16-15(12-13)22-17(23-16)21-14-8-6-5-7-9-14/h5-12H,1-4H3,(H,21,22). The highest BCUT2D eigenvalue weighted by Gasteiger charge is 2.51. The SMILES string of the molecule is CC1(C)OB(c2ccc3oc(Nc4ccccc4)nc3c2)OC1(C)C. The molecule has 0 spiro atoms. The number of hydrogen-bond donors (Lipinski definition) is 1. The topological polar surface area (TPSA) is 56.5 Å². The van der Waals surface area contributed by atoms with Gasteiger partial charge in [0.2, 0.25) is 0 Å². The van der Waals surface area contributed by atoms with E-state index in [0.29, 0.717) is 6.01 Å². The van der Waals surface area contributed by atoms with Crippen LogP contribution in [-0.2, 0) is 9.31 Å². The minimum Gasteiger partial charge on any atom is -0.423 e. The van der Waals surface area contributed by atoms with Crippen LogP contribution in [0.5, 0.6) is 0 Å². The number of oxazole rings is 1. The second-order valence-electron chi connectivity index (χ2n) is 7.33. The van der Waals surface area contributed by atoms with Crippen LogP contribution in [-0.4, -0.2) is 23.3 Å². The number of nitrogens with zero attached hydrogens (tertiary/aromatic N) is 1. The van der Waals surface area contributed by atoms with Crippen molar-refractivity contribution in [2.75, 3.05) is 5.32 Å². The van der Waals surface area contributed by atoms with Crippen molar-refractivity contribution in [1.82, 2.24) is 4.98 Å². The summed E-state index contributed by atoms with van der Waals surface area (Å²) in [6, 6.07) is 16.1. The van der Waals surface area contributed by atoms with Crippen LogP contribution in [0.1, 0.15) is 27.7 Å². The van der Waals surface area contributed by atoms with Crippen LogP contribution in [0.15, 0.2) is 52.9 Å². The predicted molar refractivity (Wildman–Crippen MR) is 99.4 cm³/mol. The lowest BCUT2D eigenvalue weighted by Gasteiger charge is -2.32. The molecule has 128 valence electrons. The Morgan fingerprint density at radius 2 is 1.60 bits per heavy atom. The number of aromatic nitrogens is 1. The van der Waals surface area contributed by atoms with Crippen molar-refractivity contribution < 1.29 is 13.7 Å². The fraction of sp³-hybridized carbons (Fsp3) is 0.316. The molecule has 1 aliphatic heterocycles. The van der Waals surface area contributed by atoms with Gasteiger partial charge in [0.05, 0.1) is 11.2 Å². The summed E-state index contributed by atoms with van der Waals surface area (Å²) in [5.41, 5.74) is 2.63. The maximum absolute atomic E-state index is 6.11. The molecule has 2 heterocycles. The van der Waals surface area contributed by atoms with Gasteiger partial charge >= 0.3 is 7.12 Å². The van der Waals surface area contributed by atoms with Crippen LogP contribution in [0.25, 0.3) is 11.1 Å². The molecule has 1 aliphatic rings. The van der Waals surface area contributed by atoms with Gasteiger partial charge in [0, 0.05) is 5.69 Å². The van der Waals surface area contributed by atoms with Gasteiger partial charge in [-0.25, -0.2) is 0 Å². The molecule has 0 unspecified atom stereocenters. The molecule has 4 rings (SSSR count). The fourth-order valence-electron chi connectivity index (χ4n) is 2.77. The summed E-state index contributed by atoms with van der Waals surface area (Å²) in [5.74, 6) is 0. The summed E-state index contributed by atoms with van der Waals surface area (Å²) in [5, 5.41) is 3.17. The van der Waals surface area contributed by atoms with Crippen molar-refractivity contribution in [3.05, 3.63) is 48.5 Å². The van der Waals surface area contributed by atoms with E-state index in [1.54, 1.807) is 0 Å². The predicted octanol–water partition coefficient (Wildman–Crippen LogP) is 3.87. The van der Waals surface area contributed by atoms with Crippen molar-refractivity contribution in [1.29, 1.82) is 0 Å². The molecule has 0 aliphatic carbocycles. The lowest BCUT2D eigenvalue weighted by atomic mass is 9.79. The Morgan fingerprint density at radius 3 is 2.28 bits per heavy atom. The number of fused-ring (bicyclic) bond motifs is 1. The highest BCUT2D eigenvalue weighted by atomic mass is 16.7. The van der Waals surface area contributed by atoms with Crippen molar-refractivity contribution in [2.45, 2.75) is 38.9 Å². The van der Waals surface area contributed by atoms with Crippen LogP contribution < -0.4 is 10.8 Å². The molecule has 5 nitrogen and oxygen atoms in total. The Bertz CT molecular complexity index is 889. The zero-order valence-corrected chi connectivity index (χ0v) is 14.9. The number of rotatable bonds is 3. The lowest BCUT2D eigenvalue weighted by molar-refractivity contribution is 0.00578. The van der Waals surface area contributed by atoms with E-state index in [1.165, 1.54) is 0 Å². The second-order valence-corrected chi connectivity index (χ2v) is 7.33. The van der Waals surface area contributed by atoms with Gasteiger partial charge in [0.1, 0.15) is 5.52 Å². The number of anilines is 2. The zero-order valence-electron chi connectivity index (χ0n) is 14.9. The number of nitrogens with one attached hydrogen (secondary N) is 1. The van der Waals surface area contributed by atoms with Crippen molar-refractivity contribution in [2.24, 2.45) is 0 Å². The van der Waals surface area contributed by atoms with Gasteiger partial charge in [0.15, 0.2) is 5.58 Å². The van der Waals surface area contributed by atoms with E-state index in [2.05, 4.69) is 10.3 Å². The minimum absolute atomic E-state index is 0.365. The first-order chi connectivity index (χ1) is 11.8. The maximum Gasteiger partial charge on any atom is 0.494 e. The highest BCUT2D eigenvalue weighted by molar-refractivity contribution is 6.62. The molecule has 0 bridgehead atoms. The molecule has 0 saturated carbocycles. The summed E-state index contributed by atoms with van der Waals surface area (Å²) in [6.07, 6.45) is 0. The molecular weight excluding hydrogens is 315 g/mol. The Hall–Kier alpha value is -2.31. The van der Waals surface area contributed by atoms with Gasteiger partial charge in [0.25, 0.3) is 6.01 Å². The van der Waals surface area contributed by atoms with E-state index in [0.717, 1.165) is 22.2 Å². The van der Waals surface area contributed by atoms with Crippen LogP contribution in [0.4, 0.5) is 11.7 Å². The van der Waals surface area contributed by atoms with Crippen molar-refractivity contribution >= 4 is 35.4 Å². The van der Waals surface area contributed by atoms with Crippen LogP contribution in [0.2, 0.25) is 0 Å². The second kappa shape index (κ2) is 5.61. The summed E-state index contributed by atoms with van der Waals surface area (Å²) >= 11 is 0. The highest BCUT2D eigenvalue weighted by Crippen LogP contribution is 2.36. The number of para-hydroxylation sites is 1. The number of benzene rings is 2. The average molecular weight is 336 g/mol. The summed E-state index contributed by atoms with van der Waals surface area (Å²) < 4.78 is 18.0. The van der Waals surface area contributed by atoms with Crippen molar-refractivity contribution in [3.8, 4) is 0 Å². The third kappa shape index (κ3) is 2.92. The Balaban J connectivity index is 1.61. The maximum atomic E-state index is 6.11. The fourth-order valence-corrected chi connectivity index (χ4v) is 2.77. The Kier molecular flexibility index (Phi) is 3.63. The first kappa shape index (κ1) is 16.2. The third-order valence-corrected chi connectivity index (χ3v) is 4.96. The van der Waals surface area contributed by atoms with Gasteiger partial charge in [-0.05, 0) is 57.4 Å². The monoisotopic (exact) mass is 336 g/mol. The Morgan fingerprint density at radius 1 is 0.920 bits per heavy atom. The van der Waals surface area contributed by atoms with E-state index in [4.69, 9.17) is 13.7 Å². The molecule has 0 amide bonds. The molecule has 1 fully saturated rings. The largest absolute Gasteiger partial charge is 0.494 e. The Labute approximate surface area is 147 Å².